The Morgan fingerprint density at radius 3 is 2.40 bits per heavy atom. The van der Waals surface area contributed by atoms with E-state index in [0.717, 1.165) is 35.1 Å². The van der Waals surface area contributed by atoms with Gasteiger partial charge in [-0.1, -0.05) is 6.07 Å². The van der Waals surface area contributed by atoms with Crippen molar-refractivity contribution in [2.24, 2.45) is 5.92 Å². The number of aryl methyl sites for hydroxylation is 2. The average Bonchev–Trinajstić information content (AvgIpc) is 2.53. The molecule has 1 heterocycles. The zero-order valence-corrected chi connectivity index (χ0v) is 16.2. The molecular formula is C18H28N2O4S. The van der Waals surface area contributed by atoms with Crippen LogP contribution >= 0.6 is 0 Å². The number of sulfonamides is 1. The zero-order chi connectivity index (χ0) is 18.8. The van der Waals surface area contributed by atoms with Gasteiger partial charge in [-0.3, -0.25) is 4.79 Å². The van der Waals surface area contributed by atoms with Gasteiger partial charge in [0.25, 0.3) is 0 Å². The smallest absolute Gasteiger partial charge is 0.317 e. The minimum absolute atomic E-state index is 0.0987. The number of carboxylic acids is 1. The van der Waals surface area contributed by atoms with Gasteiger partial charge in [-0.15, -0.1) is 0 Å². The van der Waals surface area contributed by atoms with E-state index in [4.69, 9.17) is 5.11 Å². The van der Waals surface area contributed by atoms with Crippen LogP contribution in [0.3, 0.4) is 0 Å². The average molecular weight is 368 g/mol. The molecule has 6 nitrogen and oxygen atoms in total. The standard InChI is InChI=1S/C18H28N2O4S/c1-12-8-13(2)15(4)18(14(12)3)25(23,24)20-7-5-6-16(11-20)9-19-10-17(21)22/h8,16,19H,5-7,9-11H2,1-4H3,(H,21,22). The molecule has 140 valence electrons. The second kappa shape index (κ2) is 7.85. The number of nitrogens with one attached hydrogen (secondary N) is 1. The number of benzene rings is 1. The summed E-state index contributed by atoms with van der Waals surface area (Å²) in [6.45, 7) is 8.98. The van der Waals surface area contributed by atoms with Gasteiger partial charge in [0, 0.05) is 13.1 Å². The first kappa shape index (κ1) is 19.9. The van der Waals surface area contributed by atoms with E-state index in [0.29, 0.717) is 24.5 Å². The molecule has 1 saturated heterocycles. The largest absolute Gasteiger partial charge is 0.480 e. The van der Waals surface area contributed by atoms with Crippen LogP contribution in [0.2, 0.25) is 0 Å². The Balaban J connectivity index is 2.24. The molecule has 0 amide bonds. The first-order valence-corrected chi connectivity index (χ1v) is 10.1. The van der Waals surface area contributed by atoms with Crippen molar-refractivity contribution in [1.82, 2.24) is 9.62 Å². The van der Waals surface area contributed by atoms with Crippen LogP contribution in [0, 0.1) is 33.6 Å². The summed E-state index contributed by atoms with van der Waals surface area (Å²) < 4.78 is 28.1. The van der Waals surface area contributed by atoms with Gasteiger partial charge in [-0.25, -0.2) is 8.42 Å². The Morgan fingerprint density at radius 1 is 1.24 bits per heavy atom. The molecule has 1 atom stereocenters. The first-order valence-electron chi connectivity index (χ1n) is 8.64. The Hall–Kier alpha value is -1.44. The van der Waals surface area contributed by atoms with Crippen molar-refractivity contribution >= 4 is 16.0 Å². The van der Waals surface area contributed by atoms with E-state index in [-0.39, 0.29) is 12.5 Å². The van der Waals surface area contributed by atoms with Crippen LogP contribution in [-0.2, 0) is 14.8 Å². The molecule has 0 bridgehead atoms. The molecule has 7 heteroatoms. The zero-order valence-electron chi connectivity index (χ0n) is 15.4. The quantitative estimate of drug-likeness (QED) is 0.802. The molecule has 1 aromatic carbocycles. The molecule has 25 heavy (non-hydrogen) atoms. The molecule has 1 unspecified atom stereocenters. The molecule has 0 spiro atoms. The van der Waals surface area contributed by atoms with Crippen LogP contribution in [0.15, 0.2) is 11.0 Å². The molecule has 1 fully saturated rings. The van der Waals surface area contributed by atoms with Gasteiger partial charge in [0.15, 0.2) is 0 Å². The summed E-state index contributed by atoms with van der Waals surface area (Å²) in [4.78, 5) is 11.1. The second-order valence-corrected chi connectivity index (χ2v) is 8.86. The molecule has 0 saturated carbocycles. The Bertz CT molecular complexity index is 733. The first-order chi connectivity index (χ1) is 11.6. The van der Waals surface area contributed by atoms with E-state index in [2.05, 4.69) is 5.32 Å². The molecular weight excluding hydrogens is 340 g/mol. The summed E-state index contributed by atoms with van der Waals surface area (Å²) in [5.74, 6) is -0.767. The maximum Gasteiger partial charge on any atom is 0.317 e. The third-order valence-electron chi connectivity index (χ3n) is 5.09. The van der Waals surface area contributed by atoms with Crippen LogP contribution in [0.5, 0.6) is 0 Å². The molecule has 0 aromatic heterocycles. The van der Waals surface area contributed by atoms with Gasteiger partial charge < -0.3 is 10.4 Å². The third kappa shape index (κ3) is 4.40. The van der Waals surface area contributed by atoms with Gasteiger partial charge in [0.2, 0.25) is 10.0 Å². The summed E-state index contributed by atoms with van der Waals surface area (Å²) in [6, 6.07) is 2.03. The van der Waals surface area contributed by atoms with Crippen molar-refractivity contribution in [2.45, 2.75) is 45.4 Å². The van der Waals surface area contributed by atoms with E-state index in [1.807, 2.05) is 33.8 Å². The van der Waals surface area contributed by atoms with Crippen molar-refractivity contribution in [1.29, 1.82) is 0 Å². The lowest BCUT2D eigenvalue weighted by Gasteiger charge is -2.33. The van der Waals surface area contributed by atoms with Gasteiger partial charge in [0.1, 0.15) is 0 Å². The van der Waals surface area contributed by atoms with Crippen LogP contribution in [-0.4, -0.2) is 50.0 Å². The van der Waals surface area contributed by atoms with E-state index in [1.165, 1.54) is 0 Å². The predicted octanol–water partition coefficient (Wildman–Crippen LogP) is 2.00. The number of hydrogen-bond donors (Lipinski definition) is 2. The fraction of sp³-hybridized carbons (Fsp3) is 0.611. The summed E-state index contributed by atoms with van der Waals surface area (Å²) >= 11 is 0. The summed E-state index contributed by atoms with van der Waals surface area (Å²) in [6.07, 6.45) is 1.70. The van der Waals surface area contributed by atoms with Gasteiger partial charge in [0.05, 0.1) is 11.4 Å². The highest BCUT2D eigenvalue weighted by atomic mass is 32.2. The summed E-state index contributed by atoms with van der Waals surface area (Å²) in [7, 11) is -3.55. The van der Waals surface area contributed by atoms with Crippen LogP contribution < -0.4 is 5.32 Å². The fourth-order valence-electron chi connectivity index (χ4n) is 3.49. The van der Waals surface area contributed by atoms with Gasteiger partial charge in [-0.2, -0.15) is 4.31 Å². The molecule has 1 aromatic rings. The fourth-order valence-corrected chi connectivity index (χ4v) is 5.62. The monoisotopic (exact) mass is 368 g/mol. The van der Waals surface area contributed by atoms with Crippen molar-refractivity contribution in [2.75, 3.05) is 26.2 Å². The second-order valence-electron chi connectivity index (χ2n) is 6.99. The van der Waals surface area contributed by atoms with Crippen molar-refractivity contribution in [3.8, 4) is 0 Å². The minimum atomic E-state index is -3.55. The molecule has 2 rings (SSSR count). The highest BCUT2D eigenvalue weighted by molar-refractivity contribution is 7.89. The number of carbonyl (C=O) groups is 1. The van der Waals surface area contributed by atoms with E-state index < -0.39 is 16.0 Å². The van der Waals surface area contributed by atoms with Crippen molar-refractivity contribution in [3.05, 3.63) is 28.3 Å². The van der Waals surface area contributed by atoms with E-state index in [9.17, 15) is 13.2 Å². The maximum atomic E-state index is 13.3. The maximum absolute atomic E-state index is 13.3. The van der Waals surface area contributed by atoms with E-state index in [1.54, 1.807) is 4.31 Å². The lowest BCUT2D eigenvalue weighted by atomic mass is 10.00. The lowest BCUT2D eigenvalue weighted by Crippen LogP contribution is -2.43. The Kier molecular flexibility index (Phi) is 6.24. The number of aliphatic carboxylic acids is 1. The number of rotatable bonds is 6. The Morgan fingerprint density at radius 2 is 1.84 bits per heavy atom. The molecule has 1 aliphatic heterocycles. The van der Waals surface area contributed by atoms with Gasteiger partial charge >= 0.3 is 5.97 Å². The number of piperidine rings is 1. The molecule has 1 aliphatic rings. The minimum Gasteiger partial charge on any atom is -0.480 e. The lowest BCUT2D eigenvalue weighted by molar-refractivity contribution is -0.136. The summed E-state index contributed by atoms with van der Waals surface area (Å²) in [5.41, 5.74) is 3.60. The van der Waals surface area contributed by atoms with E-state index >= 15 is 0 Å². The highest BCUT2D eigenvalue weighted by Crippen LogP contribution is 2.31. The van der Waals surface area contributed by atoms with Crippen molar-refractivity contribution in [3.63, 3.8) is 0 Å². The third-order valence-corrected chi connectivity index (χ3v) is 7.23. The van der Waals surface area contributed by atoms with Crippen LogP contribution in [0.4, 0.5) is 0 Å². The van der Waals surface area contributed by atoms with Crippen LogP contribution in [0.25, 0.3) is 0 Å². The predicted molar refractivity (Wildman–Crippen MR) is 97.4 cm³/mol. The number of carboxylic acid groups (broad SMARTS) is 1. The number of nitrogens with zero attached hydrogens (tertiary/aromatic N) is 1. The summed E-state index contributed by atoms with van der Waals surface area (Å²) in [5, 5.41) is 11.6. The Labute approximate surface area is 150 Å². The normalized spacial score (nSPS) is 19.1. The van der Waals surface area contributed by atoms with Crippen molar-refractivity contribution < 1.29 is 18.3 Å². The molecule has 0 radical (unpaired) electrons. The number of hydrogen-bond acceptors (Lipinski definition) is 4. The van der Waals surface area contributed by atoms with Gasteiger partial charge in [-0.05, 0) is 75.3 Å². The molecule has 0 aliphatic carbocycles. The topological polar surface area (TPSA) is 86.7 Å². The SMILES string of the molecule is Cc1cc(C)c(C)c(S(=O)(=O)N2CCCC(CNCC(=O)O)C2)c1C. The highest BCUT2D eigenvalue weighted by Gasteiger charge is 2.32. The molecule has 2 N–H and O–H groups in total. The van der Waals surface area contributed by atoms with Crippen LogP contribution in [0.1, 0.15) is 35.1 Å².